The highest BCUT2D eigenvalue weighted by molar-refractivity contribution is 6.30. The van der Waals surface area contributed by atoms with Gasteiger partial charge in [-0.3, -0.25) is 15.0 Å². The Hall–Kier alpha value is -2.53. The van der Waals surface area contributed by atoms with E-state index < -0.39 is 5.54 Å². The van der Waals surface area contributed by atoms with Crippen LogP contribution in [0.4, 0.5) is 0 Å². The van der Waals surface area contributed by atoms with E-state index in [1.807, 2.05) is 27.7 Å². The molecular formula is C21H25ClN2O3. The average molecular weight is 389 g/mol. The van der Waals surface area contributed by atoms with Crippen LogP contribution < -0.4 is 10.2 Å². The first kappa shape index (κ1) is 20.8. The zero-order chi connectivity index (χ0) is 20.4. The van der Waals surface area contributed by atoms with Gasteiger partial charge in [-0.15, -0.1) is 0 Å². The molecule has 0 heterocycles. The largest absolute Gasteiger partial charge is 0.496 e. The summed E-state index contributed by atoms with van der Waals surface area (Å²) in [6, 6.07) is 10.3. The fraction of sp³-hybridized carbons (Fsp3) is 0.333. The first-order valence-electron chi connectivity index (χ1n) is 8.61. The van der Waals surface area contributed by atoms with Crippen LogP contribution in [0.5, 0.6) is 5.75 Å². The number of carbonyl (C=O) groups excluding carboxylic acids is 2. The number of hydrogen-bond donors (Lipinski definition) is 1. The summed E-state index contributed by atoms with van der Waals surface area (Å²) in [5.74, 6) is -0.0586. The van der Waals surface area contributed by atoms with Gasteiger partial charge in [0, 0.05) is 21.7 Å². The van der Waals surface area contributed by atoms with E-state index in [9.17, 15) is 9.59 Å². The lowest BCUT2D eigenvalue weighted by Crippen LogP contribution is -2.56. The molecule has 2 aromatic rings. The fourth-order valence-corrected chi connectivity index (χ4v) is 2.98. The van der Waals surface area contributed by atoms with Crippen LogP contribution in [-0.2, 0) is 0 Å². The molecule has 2 amide bonds. The maximum absolute atomic E-state index is 13.1. The van der Waals surface area contributed by atoms with Gasteiger partial charge in [0.1, 0.15) is 5.75 Å². The van der Waals surface area contributed by atoms with Gasteiger partial charge in [-0.05, 0) is 70.5 Å². The monoisotopic (exact) mass is 388 g/mol. The molecule has 2 aromatic carbocycles. The number of nitrogens with one attached hydrogen (secondary N) is 1. The van der Waals surface area contributed by atoms with Gasteiger partial charge >= 0.3 is 0 Å². The number of halogens is 1. The van der Waals surface area contributed by atoms with Gasteiger partial charge in [-0.2, -0.15) is 0 Å². The van der Waals surface area contributed by atoms with Crippen molar-refractivity contribution in [2.45, 2.75) is 40.2 Å². The van der Waals surface area contributed by atoms with Crippen molar-refractivity contribution in [2.24, 2.45) is 0 Å². The number of nitrogens with zero attached hydrogens (tertiary/aromatic N) is 1. The second kappa shape index (κ2) is 8.01. The summed E-state index contributed by atoms with van der Waals surface area (Å²) in [6.07, 6.45) is 0. The van der Waals surface area contributed by atoms with Crippen molar-refractivity contribution in [1.29, 1.82) is 0 Å². The predicted molar refractivity (Wildman–Crippen MR) is 107 cm³/mol. The number of aryl methyl sites for hydroxylation is 1. The Morgan fingerprint density at radius 3 is 2.30 bits per heavy atom. The Balaban J connectivity index is 2.38. The van der Waals surface area contributed by atoms with Crippen LogP contribution in [0.25, 0.3) is 0 Å². The fourth-order valence-electron chi connectivity index (χ4n) is 2.75. The van der Waals surface area contributed by atoms with Crippen LogP contribution in [0, 0.1) is 13.8 Å². The van der Waals surface area contributed by atoms with Crippen LogP contribution >= 0.6 is 11.6 Å². The molecule has 0 aliphatic carbocycles. The van der Waals surface area contributed by atoms with Crippen LogP contribution in [0.1, 0.15) is 52.6 Å². The minimum Gasteiger partial charge on any atom is -0.496 e. The van der Waals surface area contributed by atoms with Gasteiger partial charge in [0.05, 0.1) is 12.6 Å². The lowest BCUT2D eigenvalue weighted by molar-refractivity contribution is 0.0357. The van der Waals surface area contributed by atoms with Gasteiger partial charge in [-0.25, -0.2) is 5.01 Å². The van der Waals surface area contributed by atoms with Gasteiger partial charge < -0.3 is 4.74 Å². The number of methoxy groups -OCH3 is 1. The third kappa shape index (κ3) is 4.61. The van der Waals surface area contributed by atoms with E-state index in [0.717, 1.165) is 5.56 Å². The number of carbonyl (C=O) groups is 2. The number of amides is 2. The normalized spacial score (nSPS) is 11.1. The lowest BCUT2D eigenvalue weighted by atomic mass is 10.0. The zero-order valence-electron chi connectivity index (χ0n) is 16.5. The first-order chi connectivity index (χ1) is 12.6. The molecule has 0 atom stereocenters. The molecule has 0 fully saturated rings. The Morgan fingerprint density at radius 2 is 1.74 bits per heavy atom. The molecule has 0 aromatic heterocycles. The molecular weight excluding hydrogens is 364 g/mol. The second-order valence-corrected chi connectivity index (χ2v) is 7.78. The topological polar surface area (TPSA) is 58.6 Å². The van der Waals surface area contributed by atoms with Crippen LogP contribution in [0.3, 0.4) is 0 Å². The molecule has 1 N–H and O–H groups in total. The van der Waals surface area contributed by atoms with Gasteiger partial charge in [0.15, 0.2) is 0 Å². The average Bonchev–Trinajstić information content (AvgIpc) is 2.58. The molecule has 6 heteroatoms. The number of hydrogen-bond acceptors (Lipinski definition) is 3. The summed E-state index contributed by atoms with van der Waals surface area (Å²) >= 11 is 5.99. The highest BCUT2D eigenvalue weighted by Crippen LogP contribution is 2.23. The van der Waals surface area contributed by atoms with Gasteiger partial charge in [0.2, 0.25) is 0 Å². The maximum atomic E-state index is 13.1. The van der Waals surface area contributed by atoms with Crippen molar-refractivity contribution < 1.29 is 14.3 Å². The van der Waals surface area contributed by atoms with E-state index >= 15 is 0 Å². The lowest BCUT2D eigenvalue weighted by Gasteiger charge is -2.36. The minimum absolute atomic E-state index is 0.300. The van der Waals surface area contributed by atoms with Gasteiger partial charge in [-0.1, -0.05) is 17.7 Å². The Labute approximate surface area is 165 Å². The third-order valence-corrected chi connectivity index (χ3v) is 4.49. The highest BCUT2D eigenvalue weighted by atomic mass is 35.5. The Morgan fingerprint density at radius 1 is 1.07 bits per heavy atom. The summed E-state index contributed by atoms with van der Waals surface area (Å²) in [6.45, 7) is 9.19. The Bertz CT molecular complexity index is 872. The minimum atomic E-state index is -0.633. The van der Waals surface area contributed by atoms with Crippen molar-refractivity contribution in [3.63, 3.8) is 0 Å². The van der Waals surface area contributed by atoms with Gasteiger partial charge in [0.25, 0.3) is 11.8 Å². The second-order valence-electron chi connectivity index (χ2n) is 7.34. The van der Waals surface area contributed by atoms with Crippen LogP contribution in [0.15, 0.2) is 36.4 Å². The van der Waals surface area contributed by atoms with E-state index in [-0.39, 0.29) is 11.8 Å². The molecule has 0 aliphatic rings. The van der Waals surface area contributed by atoms with E-state index in [1.54, 1.807) is 50.4 Å². The standard InChI is InChI=1S/C21H25ClN2O3/c1-13-12-15(22)10-11-16(13)20(26)24(21(3,4)5)23-19(25)17-8-7-9-18(27-6)14(17)2/h7-12H,1-6H3,(H,23,25). The number of hydrazine groups is 1. The number of rotatable bonds is 3. The quantitative estimate of drug-likeness (QED) is 0.784. The molecule has 144 valence electrons. The number of benzene rings is 2. The zero-order valence-corrected chi connectivity index (χ0v) is 17.3. The highest BCUT2D eigenvalue weighted by Gasteiger charge is 2.31. The van der Waals surface area contributed by atoms with E-state index in [0.29, 0.717) is 27.5 Å². The summed E-state index contributed by atoms with van der Waals surface area (Å²) in [4.78, 5) is 26.0. The van der Waals surface area contributed by atoms with Crippen molar-refractivity contribution in [2.75, 3.05) is 7.11 Å². The smallest absolute Gasteiger partial charge is 0.273 e. The molecule has 2 rings (SSSR count). The Kier molecular flexibility index (Phi) is 6.16. The molecule has 0 spiro atoms. The molecule has 0 saturated carbocycles. The predicted octanol–water partition coefficient (Wildman–Crippen LogP) is 4.55. The van der Waals surface area contributed by atoms with E-state index in [2.05, 4.69) is 5.43 Å². The number of ether oxygens (including phenoxy) is 1. The summed E-state index contributed by atoms with van der Waals surface area (Å²) < 4.78 is 5.28. The van der Waals surface area contributed by atoms with Crippen molar-refractivity contribution in [3.05, 3.63) is 63.7 Å². The molecule has 27 heavy (non-hydrogen) atoms. The molecule has 0 saturated heterocycles. The summed E-state index contributed by atoms with van der Waals surface area (Å²) in [7, 11) is 1.55. The van der Waals surface area contributed by atoms with E-state index in [1.165, 1.54) is 5.01 Å². The van der Waals surface area contributed by atoms with Crippen LogP contribution in [-0.4, -0.2) is 29.5 Å². The summed E-state index contributed by atoms with van der Waals surface area (Å²) in [5.41, 5.74) is 4.51. The molecule has 5 nitrogen and oxygen atoms in total. The maximum Gasteiger partial charge on any atom is 0.273 e. The molecule has 0 radical (unpaired) electrons. The molecule has 0 aliphatic heterocycles. The SMILES string of the molecule is COc1cccc(C(=O)NN(C(=O)c2ccc(Cl)cc2C)C(C)(C)C)c1C. The van der Waals surface area contributed by atoms with Crippen molar-refractivity contribution in [1.82, 2.24) is 10.4 Å². The first-order valence-corrected chi connectivity index (χ1v) is 8.99. The van der Waals surface area contributed by atoms with Crippen molar-refractivity contribution >= 4 is 23.4 Å². The molecule has 0 bridgehead atoms. The van der Waals surface area contributed by atoms with Crippen LogP contribution in [0.2, 0.25) is 5.02 Å². The third-order valence-electron chi connectivity index (χ3n) is 4.25. The molecule has 0 unspecified atom stereocenters. The summed E-state index contributed by atoms with van der Waals surface area (Å²) in [5, 5.41) is 1.91. The van der Waals surface area contributed by atoms with Crippen molar-refractivity contribution in [3.8, 4) is 5.75 Å². The van der Waals surface area contributed by atoms with E-state index in [4.69, 9.17) is 16.3 Å².